The van der Waals surface area contributed by atoms with E-state index in [-0.39, 0.29) is 17.1 Å². The van der Waals surface area contributed by atoms with Crippen LogP contribution in [-0.4, -0.2) is 39.0 Å². The van der Waals surface area contributed by atoms with Crippen molar-refractivity contribution in [3.05, 3.63) is 60.2 Å². The highest BCUT2D eigenvalue weighted by Gasteiger charge is 2.40. The van der Waals surface area contributed by atoms with Gasteiger partial charge in [-0.15, -0.1) is 0 Å². The minimum absolute atomic E-state index is 0.113. The molecule has 2 atom stereocenters. The second kappa shape index (κ2) is 7.59. The van der Waals surface area contributed by atoms with E-state index in [1.165, 1.54) is 11.8 Å². The van der Waals surface area contributed by atoms with Gasteiger partial charge in [0, 0.05) is 11.3 Å². The minimum Gasteiger partial charge on any atom is -0.325 e. The van der Waals surface area contributed by atoms with Crippen LogP contribution in [0.15, 0.2) is 64.6 Å². The molecule has 0 aromatic heterocycles. The molecule has 2 heterocycles. The van der Waals surface area contributed by atoms with E-state index in [1.54, 1.807) is 11.8 Å². The predicted octanol–water partition coefficient (Wildman–Crippen LogP) is 3.82. The van der Waals surface area contributed by atoms with Crippen molar-refractivity contribution in [2.24, 2.45) is 9.98 Å². The normalized spacial score (nSPS) is 18.7. The van der Waals surface area contributed by atoms with Crippen molar-refractivity contribution in [1.82, 2.24) is 4.90 Å². The number of hydrogen-bond donors (Lipinski definition) is 1. The van der Waals surface area contributed by atoms with E-state index < -0.39 is 6.04 Å². The molecular formula is C21H20N4O2S. The molecule has 2 aliphatic rings. The van der Waals surface area contributed by atoms with Crippen LogP contribution in [-0.2, 0) is 9.59 Å². The first-order valence-electron chi connectivity index (χ1n) is 9.21. The van der Waals surface area contributed by atoms with Crippen LogP contribution in [0.4, 0.5) is 11.4 Å². The molecule has 1 N–H and O–H groups in total. The standard InChI is InChI=1S/C21H20N4O2S/c1-3-17(19(26)23-14-9-5-4-6-10-14)28-21-24-16-12-8-7-11-15(16)18-22-13(2)20(27)25(18)21/h4-13,17H,3H2,1-2H3,(H,23,26)/t13-,17-/m1/s1. The molecule has 142 valence electrons. The van der Waals surface area contributed by atoms with Crippen molar-refractivity contribution in [2.45, 2.75) is 31.6 Å². The lowest BCUT2D eigenvalue weighted by atomic mass is 10.1. The average Bonchev–Trinajstić information content (AvgIpc) is 3.02. The van der Waals surface area contributed by atoms with Gasteiger partial charge in [-0.05, 0) is 37.6 Å². The number of benzene rings is 2. The Morgan fingerprint density at radius 2 is 1.89 bits per heavy atom. The number of amides is 2. The van der Waals surface area contributed by atoms with Crippen LogP contribution in [0, 0.1) is 0 Å². The summed E-state index contributed by atoms with van der Waals surface area (Å²) in [6, 6.07) is 16.5. The Labute approximate surface area is 167 Å². The summed E-state index contributed by atoms with van der Waals surface area (Å²) in [4.78, 5) is 36.2. The Kier molecular flexibility index (Phi) is 5.00. The minimum atomic E-state index is -0.454. The largest absolute Gasteiger partial charge is 0.325 e. The quantitative estimate of drug-likeness (QED) is 0.860. The highest BCUT2D eigenvalue weighted by atomic mass is 32.2. The molecule has 2 aromatic rings. The lowest BCUT2D eigenvalue weighted by Crippen LogP contribution is -2.42. The summed E-state index contributed by atoms with van der Waals surface area (Å²) in [5, 5.41) is 3.05. The molecule has 2 amide bonds. The summed E-state index contributed by atoms with van der Waals surface area (Å²) < 4.78 is 0. The molecular weight excluding hydrogens is 372 g/mol. The number of para-hydroxylation sites is 2. The van der Waals surface area contributed by atoms with Crippen molar-refractivity contribution in [3.8, 4) is 0 Å². The van der Waals surface area contributed by atoms with E-state index in [1.807, 2.05) is 61.5 Å². The first-order chi connectivity index (χ1) is 13.6. The molecule has 0 saturated carbocycles. The Balaban J connectivity index is 1.62. The third kappa shape index (κ3) is 3.33. The van der Waals surface area contributed by atoms with E-state index in [4.69, 9.17) is 0 Å². The first kappa shape index (κ1) is 18.4. The van der Waals surface area contributed by atoms with E-state index in [2.05, 4.69) is 15.3 Å². The molecule has 0 radical (unpaired) electrons. The number of carbonyl (C=O) groups is 2. The molecule has 6 nitrogen and oxygen atoms in total. The average molecular weight is 392 g/mol. The third-order valence-corrected chi connectivity index (χ3v) is 5.93. The van der Waals surface area contributed by atoms with Crippen LogP contribution in [0.2, 0.25) is 0 Å². The molecule has 0 saturated heterocycles. The Hall–Kier alpha value is -2.93. The zero-order chi connectivity index (χ0) is 19.7. The van der Waals surface area contributed by atoms with Crippen molar-refractivity contribution in [2.75, 3.05) is 5.32 Å². The smallest absolute Gasteiger partial charge is 0.258 e. The summed E-state index contributed by atoms with van der Waals surface area (Å²) in [5.41, 5.74) is 2.35. The molecule has 0 unspecified atom stereocenters. The number of rotatable bonds is 4. The number of carbonyl (C=O) groups excluding carboxylic acids is 2. The maximum atomic E-state index is 12.8. The van der Waals surface area contributed by atoms with Crippen LogP contribution in [0.3, 0.4) is 0 Å². The number of anilines is 1. The SMILES string of the molecule is CC[C@@H](SC1=Nc2ccccc2C2=N[C@H](C)C(=O)N12)C(=O)Nc1ccccc1. The highest BCUT2D eigenvalue weighted by molar-refractivity contribution is 8.15. The number of thioether (sulfide) groups is 1. The fourth-order valence-corrected chi connectivity index (χ4v) is 4.17. The maximum Gasteiger partial charge on any atom is 0.258 e. The highest BCUT2D eigenvalue weighted by Crippen LogP contribution is 2.35. The van der Waals surface area contributed by atoms with Crippen molar-refractivity contribution in [1.29, 1.82) is 0 Å². The van der Waals surface area contributed by atoms with E-state index >= 15 is 0 Å². The van der Waals surface area contributed by atoms with Gasteiger partial charge in [-0.1, -0.05) is 49.0 Å². The van der Waals surface area contributed by atoms with Gasteiger partial charge in [0.2, 0.25) is 5.91 Å². The van der Waals surface area contributed by atoms with Crippen LogP contribution in [0.5, 0.6) is 0 Å². The zero-order valence-corrected chi connectivity index (χ0v) is 16.4. The second-order valence-electron chi connectivity index (χ2n) is 6.58. The molecule has 0 aliphatic carbocycles. The Bertz CT molecular complexity index is 987. The van der Waals surface area contributed by atoms with Gasteiger partial charge in [-0.2, -0.15) is 0 Å². The van der Waals surface area contributed by atoms with Crippen molar-refractivity contribution >= 4 is 46.0 Å². The fraction of sp³-hybridized carbons (Fsp3) is 0.238. The summed E-state index contributed by atoms with van der Waals surface area (Å²) in [6.07, 6.45) is 0.605. The van der Waals surface area contributed by atoms with Crippen molar-refractivity contribution in [3.63, 3.8) is 0 Å². The van der Waals surface area contributed by atoms with Gasteiger partial charge in [0.25, 0.3) is 5.91 Å². The number of nitrogens with zero attached hydrogens (tertiary/aromatic N) is 3. The monoisotopic (exact) mass is 392 g/mol. The number of aliphatic imine (C=N–C) groups is 2. The number of hydrogen-bond acceptors (Lipinski definition) is 5. The van der Waals surface area contributed by atoms with Crippen molar-refractivity contribution < 1.29 is 9.59 Å². The topological polar surface area (TPSA) is 74.1 Å². The molecule has 0 fully saturated rings. The van der Waals surface area contributed by atoms with Gasteiger partial charge in [-0.25, -0.2) is 9.89 Å². The fourth-order valence-electron chi connectivity index (χ4n) is 3.15. The summed E-state index contributed by atoms with van der Waals surface area (Å²) in [6.45, 7) is 3.72. The summed E-state index contributed by atoms with van der Waals surface area (Å²) in [7, 11) is 0. The Morgan fingerprint density at radius 3 is 2.64 bits per heavy atom. The van der Waals surface area contributed by atoms with Crippen LogP contribution in [0.25, 0.3) is 0 Å². The number of amidine groups is 2. The van der Waals surface area contributed by atoms with Crippen LogP contribution in [0.1, 0.15) is 25.8 Å². The molecule has 4 rings (SSSR count). The van der Waals surface area contributed by atoms with E-state index in [0.717, 1.165) is 16.9 Å². The zero-order valence-electron chi connectivity index (χ0n) is 15.6. The Morgan fingerprint density at radius 1 is 1.18 bits per heavy atom. The number of nitrogens with one attached hydrogen (secondary N) is 1. The molecule has 2 aromatic carbocycles. The molecule has 7 heteroatoms. The first-order valence-corrected chi connectivity index (χ1v) is 10.1. The van der Waals surface area contributed by atoms with Crippen LogP contribution >= 0.6 is 11.8 Å². The third-order valence-electron chi connectivity index (χ3n) is 4.61. The maximum absolute atomic E-state index is 12.8. The van der Waals surface area contributed by atoms with E-state index in [0.29, 0.717) is 17.4 Å². The molecule has 2 aliphatic heterocycles. The second-order valence-corrected chi connectivity index (χ2v) is 7.75. The van der Waals surface area contributed by atoms with Gasteiger partial charge in [-0.3, -0.25) is 14.6 Å². The van der Waals surface area contributed by atoms with Gasteiger partial charge >= 0.3 is 0 Å². The lowest BCUT2D eigenvalue weighted by molar-refractivity contribution is -0.124. The van der Waals surface area contributed by atoms with Gasteiger partial charge in [0.1, 0.15) is 11.9 Å². The van der Waals surface area contributed by atoms with Gasteiger partial charge in [0.15, 0.2) is 5.17 Å². The molecule has 28 heavy (non-hydrogen) atoms. The predicted molar refractivity (Wildman–Crippen MR) is 113 cm³/mol. The van der Waals surface area contributed by atoms with Gasteiger partial charge < -0.3 is 5.32 Å². The molecule has 0 spiro atoms. The summed E-state index contributed by atoms with van der Waals surface area (Å²) >= 11 is 1.30. The summed E-state index contributed by atoms with van der Waals surface area (Å²) in [5.74, 6) is 0.386. The van der Waals surface area contributed by atoms with Gasteiger partial charge in [0.05, 0.1) is 10.9 Å². The number of fused-ring (bicyclic) bond motifs is 3. The van der Waals surface area contributed by atoms with E-state index in [9.17, 15) is 9.59 Å². The molecule has 0 bridgehead atoms. The van der Waals surface area contributed by atoms with Crippen LogP contribution < -0.4 is 5.32 Å². The lowest BCUT2D eigenvalue weighted by Gasteiger charge is -2.27.